The number of allylic oxidation sites excluding steroid dienone is 1. The van der Waals surface area contributed by atoms with Crippen molar-refractivity contribution in [1.82, 2.24) is 15.4 Å². The Morgan fingerprint density at radius 1 is 1.12 bits per heavy atom. The van der Waals surface area contributed by atoms with Gasteiger partial charge in [-0.2, -0.15) is 0 Å². The van der Waals surface area contributed by atoms with Gasteiger partial charge >= 0.3 is 0 Å². The lowest BCUT2D eigenvalue weighted by Crippen LogP contribution is -2.64. The molecule has 6 rings (SSSR count). The third-order valence-corrected chi connectivity index (χ3v) is 11.9. The monoisotopic (exact) mass is 705 g/mol. The number of aromatic nitrogens is 1. The number of Topliss-reactive ketones (excluding diaryl/α,β-unsaturated/α-hetero) is 2. The van der Waals surface area contributed by atoms with Crippen LogP contribution in [0.2, 0.25) is 0 Å². The molecule has 2 aromatic rings. The third-order valence-electron chi connectivity index (χ3n) is 11.9. The summed E-state index contributed by atoms with van der Waals surface area (Å²) in [4.78, 5) is 33.9. The first-order valence-corrected chi connectivity index (χ1v) is 19.2. The number of nitrogens with zero attached hydrogens (tertiary/aromatic N) is 3. The number of ketones is 2. The summed E-state index contributed by atoms with van der Waals surface area (Å²) >= 11 is 0. The molecule has 1 saturated heterocycles. The van der Waals surface area contributed by atoms with E-state index in [1.54, 1.807) is 0 Å². The topological polar surface area (TPSA) is 143 Å². The Balaban J connectivity index is 1.50. The summed E-state index contributed by atoms with van der Waals surface area (Å²) in [6, 6.07) is 1.82. The molecule has 4 N–H and O–H groups in total. The van der Waals surface area contributed by atoms with Crippen LogP contribution in [0.5, 0.6) is 11.6 Å². The molecular weight excluding hydrogens is 646 g/mol. The van der Waals surface area contributed by atoms with E-state index in [2.05, 4.69) is 56.9 Å². The van der Waals surface area contributed by atoms with Gasteiger partial charge in [-0.1, -0.05) is 47.5 Å². The molecule has 51 heavy (non-hydrogen) atoms. The maximum absolute atomic E-state index is 15.0. The van der Waals surface area contributed by atoms with E-state index in [1.807, 2.05) is 25.1 Å². The van der Waals surface area contributed by atoms with Crippen molar-refractivity contribution in [3.63, 3.8) is 0 Å². The summed E-state index contributed by atoms with van der Waals surface area (Å²) in [5.41, 5.74) is 9.41. The quantitative estimate of drug-likeness (QED) is 0.196. The number of ether oxygens (including phenoxy) is 2. The minimum absolute atomic E-state index is 0.0681. The van der Waals surface area contributed by atoms with Gasteiger partial charge in [-0.25, -0.2) is 0 Å². The first-order valence-electron chi connectivity index (χ1n) is 19.2. The molecule has 11 nitrogen and oxygen atoms in total. The first-order chi connectivity index (χ1) is 24.2. The van der Waals surface area contributed by atoms with Crippen LogP contribution in [0.4, 0.5) is 5.69 Å². The minimum atomic E-state index is -1.86. The smallest absolute Gasteiger partial charge is 0.265 e. The fourth-order valence-electron chi connectivity index (χ4n) is 8.50. The number of fused-ring (bicyclic) bond motifs is 4. The summed E-state index contributed by atoms with van der Waals surface area (Å²) in [7, 11) is 3.82. The van der Waals surface area contributed by atoms with Crippen molar-refractivity contribution in [2.75, 3.05) is 45.3 Å². The highest BCUT2D eigenvalue weighted by molar-refractivity contribution is 6.17. The summed E-state index contributed by atoms with van der Waals surface area (Å²) < 4.78 is 18.2. The average Bonchev–Trinajstić information content (AvgIpc) is 3.75. The van der Waals surface area contributed by atoms with E-state index >= 15 is 4.79 Å². The summed E-state index contributed by atoms with van der Waals surface area (Å²) in [6.45, 7) is 16.4. The van der Waals surface area contributed by atoms with Crippen LogP contribution in [-0.2, 0) is 13.0 Å². The molecule has 0 unspecified atom stereocenters. The second kappa shape index (κ2) is 14.5. The highest BCUT2D eigenvalue weighted by atomic mass is 16.5. The van der Waals surface area contributed by atoms with Gasteiger partial charge in [0.25, 0.3) is 5.88 Å². The highest BCUT2D eigenvalue weighted by Gasteiger charge is 2.62. The van der Waals surface area contributed by atoms with Crippen LogP contribution in [-0.4, -0.2) is 78.7 Å². The van der Waals surface area contributed by atoms with Gasteiger partial charge < -0.3 is 35.1 Å². The second-order valence-corrected chi connectivity index (χ2v) is 16.5. The number of rotatable bonds is 13. The number of anilines is 1. The predicted molar refractivity (Wildman–Crippen MR) is 198 cm³/mol. The Morgan fingerprint density at radius 3 is 2.41 bits per heavy atom. The van der Waals surface area contributed by atoms with Crippen molar-refractivity contribution in [3.8, 4) is 11.6 Å². The summed E-state index contributed by atoms with van der Waals surface area (Å²) in [6.07, 6.45) is 6.61. The molecule has 0 saturated carbocycles. The van der Waals surface area contributed by atoms with Gasteiger partial charge in [0.2, 0.25) is 0 Å². The second-order valence-electron chi connectivity index (χ2n) is 16.5. The number of hydrogen-bond donors (Lipinski definition) is 3. The molecule has 0 radical (unpaired) electrons. The van der Waals surface area contributed by atoms with Gasteiger partial charge in [0.1, 0.15) is 22.6 Å². The molecule has 1 fully saturated rings. The van der Waals surface area contributed by atoms with E-state index < -0.39 is 23.3 Å². The Morgan fingerprint density at radius 2 is 1.78 bits per heavy atom. The number of hydrogen-bond acceptors (Lipinski definition) is 11. The number of carbonyl (C=O) groups excluding carboxylic acids is 2. The maximum Gasteiger partial charge on any atom is 0.265 e. The number of nitrogens with two attached hydrogens (primary N) is 1. The van der Waals surface area contributed by atoms with Crippen LogP contribution < -0.4 is 25.4 Å². The van der Waals surface area contributed by atoms with E-state index in [4.69, 9.17) is 19.7 Å². The molecule has 1 aromatic heterocycles. The van der Waals surface area contributed by atoms with Crippen molar-refractivity contribution < 1.29 is 28.7 Å². The lowest BCUT2D eigenvalue weighted by atomic mass is 9.57. The molecule has 4 aliphatic rings. The lowest BCUT2D eigenvalue weighted by molar-refractivity contribution is 0.0418. The third kappa shape index (κ3) is 6.48. The Bertz CT molecular complexity index is 1670. The van der Waals surface area contributed by atoms with Crippen LogP contribution in [0.3, 0.4) is 0 Å². The van der Waals surface area contributed by atoms with Crippen LogP contribution in [0.25, 0.3) is 0 Å². The number of nitrogens with one attached hydrogen (secondary N) is 1. The summed E-state index contributed by atoms with van der Waals surface area (Å²) in [5.74, 6) is -1.09. The van der Waals surface area contributed by atoms with Crippen molar-refractivity contribution >= 4 is 17.3 Å². The van der Waals surface area contributed by atoms with Gasteiger partial charge in [-0.3, -0.25) is 14.5 Å². The predicted octanol–water partition coefficient (Wildman–Crippen LogP) is 6.54. The van der Waals surface area contributed by atoms with E-state index in [1.165, 1.54) is 0 Å². The molecule has 0 bridgehead atoms. The minimum Gasteiger partial charge on any atom is -0.509 e. The van der Waals surface area contributed by atoms with Crippen molar-refractivity contribution in [2.45, 2.75) is 117 Å². The first kappa shape index (κ1) is 37.4. The standard InChI is InChI=1S/C40H59N5O6/c1-9-11-17-49-28-21-25(22-42-23(3)39(4,5)6)32(45-15-13-14-16-45)26-19-24-20-27-33(44(7)8)35-31(38(43-51-35)50-18-12-10-2)37(48)40(27,41)36(47)29(24)34(46)30(26)28/h21,23-24,27,33,42,47H,9-20,22,41H2,1-8H3/t23-,24+,27+,33+,40+/m1/s1. The maximum atomic E-state index is 15.0. The molecule has 280 valence electrons. The Hall–Kier alpha value is -3.41. The molecule has 0 spiro atoms. The lowest BCUT2D eigenvalue weighted by Gasteiger charge is -2.50. The highest BCUT2D eigenvalue weighted by Crippen LogP contribution is 2.56. The average molecular weight is 706 g/mol. The molecule has 2 heterocycles. The Kier molecular flexibility index (Phi) is 10.7. The van der Waals surface area contributed by atoms with E-state index in [-0.39, 0.29) is 45.9 Å². The normalized spacial score (nSPS) is 25.1. The van der Waals surface area contributed by atoms with Crippen LogP contribution >= 0.6 is 0 Å². The number of aliphatic hydroxyl groups is 1. The molecule has 1 aromatic carbocycles. The molecule has 5 atom stereocenters. The number of benzene rings is 1. The van der Waals surface area contributed by atoms with Crippen molar-refractivity contribution in [2.24, 2.45) is 23.0 Å². The fraction of sp³-hybridized carbons (Fsp3) is 0.675. The van der Waals surface area contributed by atoms with Crippen LogP contribution in [0, 0.1) is 17.3 Å². The zero-order valence-electron chi connectivity index (χ0n) is 32.0. The van der Waals surface area contributed by atoms with E-state index in [9.17, 15) is 9.90 Å². The molecular formula is C40H59N5O6. The largest absolute Gasteiger partial charge is 0.509 e. The number of aliphatic hydroxyl groups excluding tert-OH is 1. The van der Waals surface area contributed by atoms with Gasteiger partial charge in [0, 0.05) is 42.9 Å². The van der Waals surface area contributed by atoms with Crippen molar-refractivity contribution in [1.29, 1.82) is 0 Å². The van der Waals surface area contributed by atoms with E-state index in [0.717, 1.165) is 68.4 Å². The van der Waals surface area contributed by atoms with E-state index in [0.29, 0.717) is 49.7 Å². The van der Waals surface area contributed by atoms with Gasteiger partial charge in [-0.15, -0.1) is 0 Å². The van der Waals surface area contributed by atoms with Gasteiger partial charge in [0.15, 0.2) is 17.3 Å². The molecule has 0 amide bonds. The number of carbonyl (C=O) groups is 2. The van der Waals surface area contributed by atoms with Gasteiger partial charge in [-0.05, 0) is 93.2 Å². The molecule has 11 heteroatoms. The molecule has 3 aliphatic carbocycles. The number of unbranched alkanes of at least 4 members (excludes halogenated alkanes) is 2. The fourth-order valence-corrected chi connectivity index (χ4v) is 8.50. The molecule has 1 aliphatic heterocycles. The Labute approximate surface area is 303 Å². The van der Waals surface area contributed by atoms with Crippen LogP contribution in [0.1, 0.15) is 130 Å². The summed E-state index contributed by atoms with van der Waals surface area (Å²) in [5, 5.41) is 20.2. The van der Waals surface area contributed by atoms with Gasteiger partial charge in [0.05, 0.1) is 24.8 Å². The van der Waals surface area contributed by atoms with Crippen LogP contribution in [0.15, 0.2) is 21.9 Å². The zero-order valence-corrected chi connectivity index (χ0v) is 32.0. The zero-order chi connectivity index (χ0) is 36.8. The SMILES string of the molecule is CCCCOc1cc(CN[C@H](C)C(C)(C)C)c(N2CCCC2)c2c1C(=O)C1=C(O)[C@]3(N)C(=O)c4c(OCCCC)noc4[C@@H](N(C)C)[C@@H]3C[C@@H]1C2. The van der Waals surface area contributed by atoms with Crippen molar-refractivity contribution in [3.05, 3.63) is 45.4 Å².